The number of amides is 3. The highest BCUT2D eigenvalue weighted by Crippen LogP contribution is 2.29. The zero-order valence-electron chi connectivity index (χ0n) is 24.8. The third-order valence-electron chi connectivity index (χ3n) is 7.38. The number of hydrogen-bond donors (Lipinski definition) is 2. The Morgan fingerprint density at radius 1 is 1.12 bits per heavy atom. The number of para-hydroxylation sites is 1. The monoisotopic (exact) mass is 554 g/mol. The number of benzene rings is 2. The Kier molecular flexibility index (Phi) is 11.6. The van der Waals surface area contributed by atoms with Gasteiger partial charge < -0.3 is 34.6 Å². The Bertz CT molecular complexity index is 1100. The third kappa shape index (κ3) is 8.60. The van der Waals surface area contributed by atoms with E-state index in [1.807, 2.05) is 88.3 Å². The summed E-state index contributed by atoms with van der Waals surface area (Å²) in [6.45, 7) is 6.95. The van der Waals surface area contributed by atoms with Crippen molar-refractivity contribution in [2.45, 2.75) is 58.3 Å². The number of ether oxygens (including phenoxy) is 2. The molecule has 0 saturated carbocycles. The molecule has 0 bridgehead atoms. The minimum absolute atomic E-state index is 0.0778. The lowest BCUT2D eigenvalue weighted by Gasteiger charge is -2.36. The molecule has 4 atom stereocenters. The van der Waals surface area contributed by atoms with Crippen LogP contribution in [0.4, 0.5) is 16.2 Å². The number of aliphatic hydroxyl groups is 1. The molecule has 9 nitrogen and oxygen atoms in total. The van der Waals surface area contributed by atoms with Crippen LogP contribution in [-0.2, 0) is 4.74 Å². The second kappa shape index (κ2) is 14.9. The zero-order valence-corrected chi connectivity index (χ0v) is 24.8. The van der Waals surface area contributed by atoms with Gasteiger partial charge in [-0.3, -0.25) is 4.79 Å². The molecule has 40 heavy (non-hydrogen) atoms. The van der Waals surface area contributed by atoms with Crippen LogP contribution in [0.25, 0.3) is 0 Å². The lowest BCUT2D eigenvalue weighted by Crippen LogP contribution is -2.48. The van der Waals surface area contributed by atoms with Crippen molar-refractivity contribution in [3.8, 4) is 5.75 Å². The fourth-order valence-electron chi connectivity index (χ4n) is 4.74. The Hall–Kier alpha value is -3.30. The Balaban J connectivity index is 1.88. The second-order valence-electron chi connectivity index (χ2n) is 11.1. The molecule has 9 heteroatoms. The van der Waals surface area contributed by atoms with E-state index in [1.54, 1.807) is 16.8 Å². The average Bonchev–Trinajstić information content (AvgIpc) is 2.94. The number of rotatable bonds is 6. The molecule has 2 aromatic rings. The lowest BCUT2D eigenvalue weighted by atomic mass is 10.0. The highest BCUT2D eigenvalue weighted by atomic mass is 16.5. The largest absolute Gasteiger partial charge is 0.490 e. The predicted molar refractivity (Wildman–Crippen MR) is 159 cm³/mol. The smallest absolute Gasteiger partial charge is 0.321 e. The lowest BCUT2D eigenvalue weighted by molar-refractivity contribution is -0.0115. The number of nitrogens with one attached hydrogen (secondary N) is 1. The molecule has 0 unspecified atom stereocenters. The topological polar surface area (TPSA) is 94.6 Å². The van der Waals surface area contributed by atoms with E-state index in [-0.39, 0.29) is 36.7 Å². The summed E-state index contributed by atoms with van der Waals surface area (Å²) in [5.41, 5.74) is 2.08. The van der Waals surface area contributed by atoms with Gasteiger partial charge in [-0.05, 0) is 63.4 Å². The molecule has 3 rings (SSSR count). The van der Waals surface area contributed by atoms with Crippen LogP contribution in [0, 0.1) is 5.92 Å². The quantitative estimate of drug-likeness (QED) is 0.537. The van der Waals surface area contributed by atoms with E-state index in [4.69, 9.17) is 9.47 Å². The van der Waals surface area contributed by atoms with Crippen LogP contribution >= 0.6 is 0 Å². The summed E-state index contributed by atoms with van der Waals surface area (Å²) < 4.78 is 12.6. The summed E-state index contributed by atoms with van der Waals surface area (Å²) in [5.74, 6) is 0.228. The zero-order chi connectivity index (χ0) is 29.2. The van der Waals surface area contributed by atoms with Gasteiger partial charge >= 0.3 is 6.03 Å². The van der Waals surface area contributed by atoms with Crippen molar-refractivity contribution in [1.29, 1.82) is 0 Å². The van der Waals surface area contributed by atoms with E-state index >= 15 is 0 Å². The van der Waals surface area contributed by atoms with Gasteiger partial charge in [-0.2, -0.15) is 0 Å². The molecule has 2 N–H and O–H groups in total. The summed E-state index contributed by atoms with van der Waals surface area (Å²) in [4.78, 5) is 32.3. The van der Waals surface area contributed by atoms with Crippen molar-refractivity contribution in [3.63, 3.8) is 0 Å². The Morgan fingerprint density at radius 3 is 2.52 bits per heavy atom. The van der Waals surface area contributed by atoms with Crippen LogP contribution in [0.15, 0.2) is 48.5 Å². The molecule has 2 aromatic carbocycles. The fraction of sp³-hybridized carbons (Fsp3) is 0.548. The minimum Gasteiger partial charge on any atom is -0.490 e. The first-order valence-corrected chi connectivity index (χ1v) is 14.2. The molecule has 0 spiro atoms. The molecule has 0 saturated heterocycles. The van der Waals surface area contributed by atoms with Crippen molar-refractivity contribution in [1.82, 2.24) is 9.80 Å². The first-order valence-electron chi connectivity index (χ1n) is 14.2. The van der Waals surface area contributed by atoms with Gasteiger partial charge in [-0.15, -0.1) is 0 Å². The van der Waals surface area contributed by atoms with Crippen molar-refractivity contribution in [2.24, 2.45) is 5.92 Å². The standard InChI is InChI=1S/C31H46N4O5/c1-22-19-35(23(2)21-36)30(37)27-18-26(33(4)5)15-16-28(27)40-24(3)12-10-11-17-39-29(22)20-34(6)31(38)32-25-13-8-7-9-14-25/h7-9,13-16,18,22-24,29,36H,10-12,17,19-21H2,1-6H3,(H,32,38)/t22-,23-,24+,29+/m0/s1. The molecule has 0 aliphatic carbocycles. The van der Waals surface area contributed by atoms with Crippen molar-refractivity contribution in [3.05, 3.63) is 54.1 Å². The van der Waals surface area contributed by atoms with Gasteiger partial charge in [0.05, 0.1) is 30.4 Å². The van der Waals surface area contributed by atoms with Crippen LogP contribution < -0.4 is 15.0 Å². The molecule has 0 radical (unpaired) electrons. The Labute approximate surface area is 239 Å². The minimum atomic E-state index is -0.420. The maximum absolute atomic E-state index is 14.1. The van der Waals surface area contributed by atoms with E-state index in [9.17, 15) is 14.7 Å². The molecule has 3 amide bonds. The van der Waals surface area contributed by atoms with Crippen molar-refractivity contribution < 1.29 is 24.2 Å². The van der Waals surface area contributed by atoms with Crippen molar-refractivity contribution >= 4 is 23.3 Å². The molecule has 1 heterocycles. The van der Waals surface area contributed by atoms with Gasteiger partial charge in [0.15, 0.2) is 0 Å². The number of carbonyl (C=O) groups is 2. The number of fused-ring (bicyclic) bond motifs is 1. The summed E-state index contributed by atoms with van der Waals surface area (Å²) in [6.07, 6.45) is 2.21. The van der Waals surface area contributed by atoms with Crippen molar-refractivity contribution in [2.75, 3.05) is 57.7 Å². The van der Waals surface area contributed by atoms with Gasteiger partial charge in [0.25, 0.3) is 5.91 Å². The van der Waals surface area contributed by atoms with Gasteiger partial charge in [-0.25, -0.2) is 4.79 Å². The number of anilines is 2. The van der Waals surface area contributed by atoms with Crippen LogP contribution in [0.5, 0.6) is 5.75 Å². The summed E-state index contributed by atoms with van der Waals surface area (Å²) in [6, 6.07) is 14.4. The number of nitrogens with zero attached hydrogens (tertiary/aromatic N) is 3. The van der Waals surface area contributed by atoms with Crippen LogP contribution in [-0.4, -0.2) is 92.5 Å². The molecule has 0 fully saturated rings. The van der Waals surface area contributed by atoms with Gasteiger partial charge in [0, 0.05) is 58.1 Å². The molecule has 1 aliphatic rings. The molecular weight excluding hydrogens is 508 g/mol. The fourth-order valence-corrected chi connectivity index (χ4v) is 4.74. The highest BCUT2D eigenvalue weighted by Gasteiger charge is 2.31. The number of aliphatic hydroxyl groups excluding tert-OH is 1. The molecule has 0 aromatic heterocycles. The molecular formula is C31H46N4O5. The molecule has 220 valence electrons. The first-order chi connectivity index (χ1) is 19.1. The van der Waals surface area contributed by atoms with E-state index in [0.717, 1.165) is 30.6 Å². The van der Waals surface area contributed by atoms with Crippen LogP contribution in [0.1, 0.15) is 50.4 Å². The maximum atomic E-state index is 14.1. The van der Waals surface area contributed by atoms with Gasteiger partial charge in [-0.1, -0.05) is 25.1 Å². The predicted octanol–water partition coefficient (Wildman–Crippen LogP) is 4.71. The van der Waals surface area contributed by atoms with Crippen LogP contribution in [0.2, 0.25) is 0 Å². The number of carbonyl (C=O) groups excluding carboxylic acids is 2. The van der Waals surface area contributed by atoms with Gasteiger partial charge in [0.1, 0.15) is 5.75 Å². The molecule has 1 aliphatic heterocycles. The third-order valence-corrected chi connectivity index (χ3v) is 7.38. The van der Waals surface area contributed by atoms with E-state index in [1.165, 1.54) is 0 Å². The number of hydrogen-bond acceptors (Lipinski definition) is 6. The first kappa shape index (κ1) is 31.2. The summed E-state index contributed by atoms with van der Waals surface area (Å²) in [5, 5.41) is 13.0. The van der Waals surface area contributed by atoms with E-state index in [0.29, 0.717) is 31.0 Å². The van der Waals surface area contributed by atoms with Gasteiger partial charge in [0.2, 0.25) is 0 Å². The highest BCUT2D eigenvalue weighted by molar-refractivity contribution is 5.98. The number of urea groups is 1. The number of likely N-dealkylation sites (N-methyl/N-ethyl adjacent to an activating group) is 1. The summed E-state index contributed by atoms with van der Waals surface area (Å²) in [7, 11) is 5.61. The van der Waals surface area contributed by atoms with Crippen LogP contribution in [0.3, 0.4) is 0 Å². The maximum Gasteiger partial charge on any atom is 0.321 e. The SMILES string of the molecule is C[C@@H]1CCCCO[C@H](CN(C)C(=O)Nc2ccccc2)[C@@H](C)CN([C@@H](C)CO)C(=O)c2cc(N(C)C)ccc2O1. The van der Waals surface area contributed by atoms with E-state index < -0.39 is 6.04 Å². The average molecular weight is 555 g/mol. The normalized spacial score (nSPS) is 21.4. The van der Waals surface area contributed by atoms with E-state index in [2.05, 4.69) is 5.32 Å². The summed E-state index contributed by atoms with van der Waals surface area (Å²) >= 11 is 0. The Morgan fingerprint density at radius 2 is 1.85 bits per heavy atom. The second-order valence-corrected chi connectivity index (χ2v) is 11.1.